The van der Waals surface area contributed by atoms with Crippen LogP contribution in [0.5, 0.6) is 0 Å². The van der Waals surface area contributed by atoms with Crippen LogP contribution in [0.15, 0.2) is 41.0 Å². The number of carbonyl (C=O) groups excluding carboxylic acids is 1. The Hall–Kier alpha value is -2.93. The minimum atomic E-state index is -0.191. The van der Waals surface area contributed by atoms with Gasteiger partial charge in [-0.05, 0) is 41.5 Å². The van der Waals surface area contributed by atoms with Gasteiger partial charge in [-0.3, -0.25) is 4.79 Å². The van der Waals surface area contributed by atoms with Gasteiger partial charge >= 0.3 is 0 Å². The average Bonchev–Trinajstić information content (AvgIpc) is 3.13. The van der Waals surface area contributed by atoms with Crippen molar-refractivity contribution in [2.45, 2.75) is 6.92 Å². The second kappa shape index (κ2) is 6.52. The number of carbonyl (C=O) groups is 1. The molecule has 3 aromatic rings. The molecule has 0 bridgehead atoms. The molecule has 25 heavy (non-hydrogen) atoms. The number of nitrogens with zero attached hydrogens (tertiary/aromatic N) is 3. The molecule has 1 aromatic heterocycles. The van der Waals surface area contributed by atoms with Crippen LogP contribution in [-0.4, -0.2) is 42.5 Å². The number of fused-ring (bicyclic) bond motifs is 1. The molecule has 0 aliphatic carbocycles. The van der Waals surface area contributed by atoms with Crippen LogP contribution in [0.1, 0.15) is 15.9 Å². The van der Waals surface area contributed by atoms with Gasteiger partial charge in [-0.2, -0.15) is 0 Å². The number of ether oxygens (including phenoxy) is 1. The molecule has 1 saturated heterocycles. The number of morpholine rings is 1. The highest BCUT2D eigenvalue weighted by Gasteiger charge is 2.19. The highest BCUT2D eigenvalue weighted by Crippen LogP contribution is 2.30. The molecule has 0 atom stereocenters. The van der Waals surface area contributed by atoms with Gasteiger partial charge in [-0.25, -0.2) is 4.63 Å². The van der Waals surface area contributed by atoms with Crippen LogP contribution in [0, 0.1) is 6.92 Å². The smallest absolute Gasteiger partial charge is 0.255 e. The summed E-state index contributed by atoms with van der Waals surface area (Å²) in [4.78, 5) is 14.6. The lowest BCUT2D eigenvalue weighted by molar-refractivity contribution is 0.102. The first-order valence-corrected chi connectivity index (χ1v) is 8.18. The molecule has 1 fully saturated rings. The van der Waals surface area contributed by atoms with E-state index in [0.29, 0.717) is 35.5 Å². The van der Waals surface area contributed by atoms with Crippen LogP contribution in [-0.2, 0) is 4.74 Å². The summed E-state index contributed by atoms with van der Waals surface area (Å²) in [5.41, 5.74) is 4.40. The van der Waals surface area contributed by atoms with Crippen LogP contribution in [0.4, 0.5) is 11.4 Å². The van der Waals surface area contributed by atoms with E-state index in [0.717, 1.165) is 24.3 Å². The number of amides is 1. The molecular formula is C18H18N4O3. The van der Waals surface area contributed by atoms with Crippen LogP contribution in [0.2, 0.25) is 0 Å². The fraction of sp³-hybridized carbons (Fsp3) is 0.278. The quantitative estimate of drug-likeness (QED) is 0.791. The fourth-order valence-corrected chi connectivity index (χ4v) is 2.91. The summed E-state index contributed by atoms with van der Waals surface area (Å²) in [5.74, 6) is -0.191. The number of anilines is 2. The van der Waals surface area contributed by atoms with Gasteiger partial charge in [0.2, 0.25) is 0 Å². The van der Waals surface area contributed by atoms with Gasteiger partial charge < -0.3 is 15.0 Å². The number of aryl methyl sites for hydroxylation is 1. The first kappa shape index (κ1) is 15.6. The maximum atomic E-state index is 12.5. The zero-order valence-corrected chi connectivity index (χ0v) is 13.9. The summed E-state index contributed by atoms with van der Waals surface area (Å²) in [6, 6.07) is 11.2. The van der Waals surface area contributed by atoms with Crippen molar-refractivity contribution in [2.24, 2.45) is 0 Å². The van der Waals surface area contributed by atoms with Crippen molar-refractivity contribution in [3.8, 4) is 0 Å². The first-order valence-electron chi connectivity index (χ1n) is 8.18. The Balaban J connectivity index is 1.63. The lowest BCUT2D eigenvalue weighted by Gasteiger charge is -2.28. The topological polar surface area (TPSA) is 80.5 Å². The van der Waals surface area contributed by atoms with E-state index in [-0.39, 0.29) is 5.91 Å². The van der Waals surface area contributed by atoms with Crippen molar-refractivity contribution in [1.29, 1.82) is 0 Å². The van der Waals surface area contributed by atoms with E-state index in [9.17, 15) is 4.79 Å². The second-order valence-electron chi connectivity index (χ2n) is 6.01. The molecular weight excluding hydrogens is 320 g/mol. The molecule has 0 spiro atoms. The summed E-state index contributed by atoms with van der Waals surface area (Å²) in [7, 11) is 0. The van der Waals surface area contributed by atoms with E-state index in [1.165, 1.54) is 0 Å². The average molecular weight is 338 g/mol. The Morgan fingerprint density at radius 3 is 2.52 bits per heavy atom. The number of benzene rings is 2. The molecule has 0 unspecified atom stereocenters. The Morgan fingerprint density at radius 1 is 1.04 bits per heavy atom. The molecule has 0 saturated carbocycles. The standard InChI is InChI=1S/C18H18N4O3/c1-12-2-4-13(5-3-12)18(23)19-14-6-7-15(17-16(14)20-25-21-17)22-8-10-24-11-9-22/h2-7H,8-11H2,1H3,(H,19,23). The SMILES string of the molecule is Cc1ccc(C(=O)Nc2ccc(N3CCOCC3)c3nonc23)cc1. The molecule has 7 heteroatoms. The number of aromatic nitrogens is 2. The Labute approximate surface area is 144 Å². The van der Waals surface area contributed by atoms with Crippen LogP contribution in [0.25, 0.3) is 11.0 Å². The highest BCUT2D eigenvalue weighted by atomic mass is 16.6. The third kappa shape index (κ3) is 3.06. The number of hydrogen-bond acceptors (Lipinski definition) is 6. The van der Waals surface area contributed by atoms with Crippen molar-refractivity contribution in [2.75, 3.05) is 36.5 Å². The molecule has 2 aromatic carbocycles. The molecule has 7 nitrogen and oxygen atoms in total. The Bertz CT molecular complexity index is 898. The maximum Gasteiger partial charge on any atom is 0.255 e. The molecule has 1 N–H and O–H groups in total. The van der Waals surface area contributed by atoms with E-state index < -0.39 is 0 Å². The van der Waals surface area contributed by atoms with Crippen molar-refractivity contribution in [3.05, 3.63) is 47.5 Å². The zero-order chi connectivity index (χ0) is 17.2. The van der Waals surface area contributed by atoms with E-state index >= 15 is 0 Å². The molecule has 1 aliphatic rings. The minimum absolute atomic E-state index is 0.191. The normalized spacial score (nSPS) is 14.7. The lowest BCUT2D eigenvalue weighted by Crippen LogP contribution is -2.36. The van der Waals surface area contributed by atoms with E-state index in [1.54, 1.807) is 12.1 Å². The number of hydrogen-bond donors (Lipinski definition) is 1. The fourth-order valence-electron chi connectivity index (χ4n) is 2.91. The van der Waals surface area contributed by atoms with Gasteiger partial charge in [0.05, 0.1) is 24.6 Å². The third-order valence-corrected chi connectivity index (χ3v) is 4.31. The predicted molar refractivity (Wildman–Crippen MR) is 94.0 cm³/mol. The summed E-state index contributed by atoms with van der Waals surface area (Å²) < 4.78 is 10.3. The molecule has 128 valence electrons. The van der Waals surface area contributed by atoms with E-state index in [1.807, 2.05) is 31.2 Å². The number of nitrogens with one attached hydrogen (secondary N) is 1. The van der Waals surface area contributed by atoms with Crippen LogP contribution >= 0.6 is 0 Å². The first-order chi connectivity index (χ1) is 12.2. The van der Waals surface area contributed by atoms with Gasteiger partial charge in [0.25, 0.3) is 5.91 Å². The van der Waals surface area contributed by atoms with E-state index in [4.69, 9.17) is 9.37 Å². The Kier molecular flexibility index (Phi) is 4.07. The molecule has 1 amide bonds. The van der Waals surface area contributed by atoms with Gasteiger partial charge in [0, 0.05) is 18.7 Å². The van der Waals surface area contributed by atoms with Gasteiger partial charge in [-0.1, -0.05) is 17.7 Å². The summed E-state index contributed by atoms with van der Waals surface area (Å²) in [5, 5.41) is 10.9. The van der Waals surface area contributed by atoms with Crippen molar-refractivity contribution >= 4 is 28.3 Å². The van der Waals surface area contributed by atoms with Crippen molar-refractivity contribution in [1.82, 2.24) is 10.3 Å². The second-order valence-corrected chi connectivity index (χ2v) is 6.01. The largest absolute Gasteiger partial charge is 0.378 e. The summed E-state index contributed by atoms with van der Waals surface area (Å²) >= 11 is 0. The van der Waals surface area contributed by atoms with Gasteiger partial charge in [0.15, 0.2) is 11.0 Å². The predicted octanol–water partition coefficient (Wildman–Crippen LogP) is 2.62. The van der Waals surface area contributed by atoms with E-state index in [2.05, 4.69) is 20.5 Å². The zero-order valence-electron chi connectivity index (χ0n) is 13.9. The number of rotatable bonds is 3. The van der Waals surface area contributed by atoms with Crippen molar-refractivity contribution < 1.29 is 14.2 Å². The lowest BCUT2D eigenvalue weighted by atomic mass is 10.1. The molecule has 0 radical (unpaired) electrons. The van der Waals surface area contributed by atoms with Gasteiger partial charge in [0.1, 0.15) is 0 Å². The summed E-state index contributed by atoms with van der Waals surface area (Å²) in [6.07, 6.45) is 0. The van der Waals surface area contributed by atoms with Crippen LogP contribution in [0.3, 0.4) is 0 Å². The molecule has 2 heterocycles. The molecule has 4 rings (SSSR count). The monoisotopic (exact) mass is 338 g/mol. The summed E-state index contributed by atoms with van der Waals surface area (Å²) in [6.45, 7) is 4.92. The minimum Gasteiger partial charge on any atom is -0.378 e. The van der Waals surface area contributed by atoms with Crippen molar-refractivity contribution in [3.63, 3.8) is 0 Å². The third-order valence-electron chi connectivity index (χ3n) is 4.31. The maximum absolute atomic E-state index is 12.5. The molecule has 1 aliphatic heterocycles. The highest BCUT2D eigenvalue weighted by molar-refractivity contribution is 6.09. The Morgan fingerprint density at radius 2 is 1.76 bits per heavy atom. The van der Waals surface area contributed by atoms with Gasteiger partial charge in [-0.15, -0.1) is 0 Å². The van der Waals surface area contributed by atoms with Crippen LogP contribution < -0.4 is 10.2 Å².